The molecule has 0 atom stereocenters. The molecule has 0 N–H and O–H groups in total. The van der Waals surface area contributed by atoms with Crippen molar-refractivity contribution in [2.24, 2.45) is 5.92 Å². The summed E-state index contributed by atoms with van der Waals surface area (Å²) in [5.74, 6) is 0.539. The fourth-order valence-electron chi connectivity index (χ4n) is 1.76. The molecule has 1 aliphatic rings. The quantitative estimate of drug-likeness (QED) is 0.780. The number of aryl methyl sites for hydroxylation is 1. The van der Waals surface area contributed by atoms with Crippen molar-refractivity contribution in [3.8, 4) is 0 Å². The Morgan fingerprint density at radius 1 is 1.28 bits per heavy atom. The molecular weight excluding hydrogens is 382 g/mol. The van der Waals surface area contributed by atoms with E-state index in [9.17, 15) is 8.42 Å². The molecule has 1 aromatic rings. The number of rotatable bonds is 4. The van der Waals surface area contributed by atoms with Crippen molar-refractivity contribution in [3.05, 3.63) is 26.6 Å². The van der Waals surface area contributed by atoms with Crippen LogP contribution in [0.1, 0.15) is 18.4 Å². The fourth-order valence-corrected chi connectivity index (χ4v) is 4.64. The molecule has 6 heteroatoms. The third-order valence-electron chi connectivity index (χ3n) is 3.11. The van der Waals surface area contributed by atoms with Gasteiger partial charge in [-0.05, 0) is 59.3 Å². The minimum Gasteiger partial charge on any atom is -0.207 e. The number of sulfonamides is 1. The number of hydrogen-bond donors (Lipinski definition) is 0. The van der Waals surface area contributed by atoms with Crippen LogP contribution in [0.3, 0.4) is 0 Å². The van der Waals surface area contributed by atoms with Gasteiger partial charge in [-0.25, -0.2) is 12.7 Å². The highest BCUT2D eigenvalue weighted by atomic mass is 79.9. The van der Waals surface area contributed by atoms with E-state index in [1.807, 2.05) is 13.0 Å². The Hall–Kier alpha value is 0.0900. The standard InChI is InChI=1S/C12H15Br2NO2S/c1-8-5-11(14)12(6-10(8)13)18(16,17)15(2)7-9-3-4-9/h5-6,9H,3-4,7H2,1-2H3. The van der Waals surface area contributed by atoms with Crippen LogP contribution in [-0.2, 0) is 10.0 Å². The molecule has 0 aliphatic heterocycles. The Bertz CT molecular complexity index is 568. The van der Waals surface area contributed by atoms with Crippen LogP contribution < -0.4 is 0 Å². The second-order valence-electron chi connectivity index (χ2n) is 4.76. The van der Waals surface area contributed by atoms with E-state index < -0.39 is 10.0 Å². The van der Waals surface area contributed by atoms with Crippen molar-refractivity contribution in [1.82, 2.24) is 4.31 Å². The first-order chi connectivity index (χ1) is 8.32. The zero-order chi connectivity index (χ0) is 13.5. The smallest absolute Gasteiger partial charge is 0.207 e. The highest BCUT2D eigenvalue weighted by molar-refractivity contribution is 9.11. The Morgan fingerprint density at radius 2 is 1.89 bits per heavy atom. The maximum absolute atomic E-state index is 12.5. The molecular formula is C12H15Br2NO2S. The first-order valence-electron chi connectivity index (χ1n) is 5.74. The number of halogens is 2. The predicted molar refractivity (Wildman–Crippen MR) is 79.1 cm³/mol. The van der Waals surface area contributed by atoms with Gasteiger partial charge < -0.3 is 0 Å². The maximum atomic E-state index is 12.5. The minimum absolute atomic E-state index is 0.322. The summed E-state index contributed by atoms with van der Waals surface area (Å²) in [7, 11) is -1.76. The minimum atomic E-state index is -3.41. The van der Waals surface area contributed by atoms with E-state index in [4.69, 9.17) is 0 Å². The van der Waals surface area contributed by atoms with E-state index in [2.05, 4.69) is 31.9 Å². The Balaban J connectivity index is 2.36. The maximum Gasteiger partial charge on any atom is 0.243 e. The molecule has 3 nitrogen and oxygen atoms in total. The van der Waals surface area contributed by atoms with Gasteiger partial charge >= 0.3 is 0 Å². The zero-order valence-electron chi connectivity index (χ0n) is 10.3. The molecule has 0 aromatic heterocycles. The van der Waals surface area contributed by atoms with Gasteiger partial charge in [-0.15, -0.1) is 0 Å². The van der Waals surface area contributed by atoms with Gasteiger partial charge in [0.1, 0.15) is 0 Å². The number of benzene rings is 1. The van der Waals surface area contributed by atoms with Crippen LogP contribution in [0, 0.1) is 12.8 Å². The predicted octanol–water partition coefficient (Wildman–Crippen LogP) is 3.55. The van der Waals surface area contributed by atoms with E-state index in [1.54, 1.807) is 13.1 Å². The molecule has 100 valence electrons. The average Bonchev–Trinajstić information content (AvgIpc) is 3.07. The summed E-state index contributed by atoms with van der Waals surface area (Å²) in [6, 6.07) is 3.49. The van der Waals surface area contributed by atoms with Crippen LogP contribution in [0.25, 0.3) is 0 Å². The summed E-state index contributed by atoms with van der Waals surface area (Å²) in [5, 5.41) is 0. The van der Waals surface area contributed by atoms with Crippen LogP contribution >= 0.6 is 31.9 Å². The van der Waals surface area contributed by atoms with Crippen LogP contribution in [0.4, 0.5) is 0 Å². The average molecular weight is 397 g/mol. The summed E-state index contributed by atoms with van der Waals surface area (Å²) in [6.07, 6.45) is 2.28. The van der Waals surface area contributed by atoms with Crippen molar-refractivity contribution in [2.45, 2.75) is 24.7 Å². The largest absolute Gasteiger partial charge is 0.243 e. The molecule has 0 radical (unpaired) electrons. The highest BCUT2D eigenvalue weighted by Crippen LogP contribution is 2.34. The van der Waals surface area contributed by atoms with Gasteiger partial charge in [0, 0.05) is 22.5 Å². The molecule has 1 aliphatic carbocycles. The molecule has 0 amide bonds. The normalized spacial score (nSPS) is 16.3. The first kappa shape index (κ1) is 14.5. The first-order valence-corrected chi connectivity index (χ1v) is 8.77. The Kier molecular flexibility index (Phi) is 4.21. The molecule has 0 bridgehead atoms. The molecule has 2 rings (SSSR count). The fraction of sp³-hybridized carbons (Fsp3) is 0.500. The van der Waals surface area contributed by atoms with Gasteiger partial charge in [-0.1, -0.05) is 15.9 Å². The Labute approximate surface area is 125 Å². The van der Waals surface area contributed by atoms with Crippen molar-refractivity contribution >= 4 is 41.9 Å². The molecule has 0 spiro atoms. The second kappa shape index (κ2) is 5.23. The third-order valence-corrected chi connectivity index (χ3v) is 6.75. The summed E-state index contributed by atoms with van der Waals surface area (Å²) < 4.78 is 27.8. The van der Waals surface area contributed by atoms with E-state index >= 15 is 0 Å². The third kappa shape index (κ3) is 2.98. The highest BCUT2D eigenvalue weighted by Gasteiger charge is 2.30. The van der Waals surface area contributed by atoms with Gasteiger partial charge in [0.05, 0.1) is 4.90 Å². The lowest BCUT2D eigenvalue weighted by atomic mass is 10.2. The van der Waals surface area contributed by atoms with Crippen LogP contribution in [0.15, 0.2) is 26.0 Å². The molecule has 0 heterocycles. The SMILES string of the molecule is Cc1cc(Br)c(S(=O)(=O)N(C)CC2CC2)cc1Br. The van der Waals surface area contributed by atoms with Crippen LogP contribution in [-0.4, -0.2) is 26.3 Å². The van der Waals surface area contributed by atoms with E-state index in [-0.39, 0.29) is 0 Å². The van der Waals surface area contributed by atoms with Crippen molar-refractivity contribution in [1.29, 1.82) is 0 Å². The number of hydrogen-bond acceptors (Lipinski definition) is 2. The monoisotopic (exact) mass is 395 g/mol. The summed E-state index contributed by atoms with van der Waals surface area (Å²) in [6.45, 7) is 2.54. The summed E-state index contributed by atoms with van der Waals surface area (Å²) >= 11 is 6.72. The molecule has 1 saturated carbocycles. The topological polar surface area (TPSA) is 37.4 Å². The van der Waals surface area contributed by atoms with E-state index in [1.165, 1.54) is 4.31 Å². The van der Waals surface area contributed by atoms with Crippen LogP contribution in [0.2, 0.25) is 0 Å². The number of nitrogens with zero attached hydrogens (tertiary/aromatic N) is 1. The van der Waals surface area contributed by atoms with E-state index in [0.29, 0.717) is 21.8 Å². The molecule has 18 heavy (non-hydrogen) atoms. The van der Waals surface area contributed by atoms with Gasteiger partial charge in [-0.3, -0.25) is 0 Å². The molecule has 0 unspecified atom stereocenters. The van der Waals surface area contributed by atoms with Crippen molar-refractivity contribution in [2.75, 3.05) is 13.6 Å². The van der Waals surface area contributed by atoms with Gasteiger partial charge in [0.2, 0.25) is 10.0 Å². The van der Waals surface area contributed by atoms with Crippen molar-refractivity contribution in [3.63, 3.8) is 0 Å². The lowest BCUT2D eigenvalue weighted by molar-refractivity contribution is 0.452. The molecule has 1 fully saturated rings. The Morgan fingerprint density at radius 3 is 2.44 bits per heavy atom. The second-order valence-corrected chi connectivity index (χ2v) is 8.48. The van der Waals surface area contributed by atoms with Crippen LogP contribution in [0.5, 0.6) is 0 Å². The van der Waals surface area contributed by atoms with Crippen molar-refractivity contribution < 1.29 is 8.42 Å². The summed E-state index contributed by atoms with van der Waals surface area (Å²) in [4.78, 5) is 0.322. The van der Waals surface area contributed by atoms with Gasteiger partial charge in [0.15, 0.2) is 0 Å². The van der Waals surface area contributed by atoms with Gasteiger partial charge in [0.25, 0.3) is 0 Å². The lowest BCUT2D eigenvalue weighted by Gasteiger charge is -2.18. The van der Waals surface area contributed by atoms with Gasteiger partial charge in [-0.2, -0.15) is 0 Å². The molecule has 0 saturated heterocycles. The lowest BCUT2D eigenvalue weighted by Crippen LogP contribution is -2.29. The zero-order valence-corrected chi connectivity index (χ0v) is 14.3. The summed E-state index contributed by atoms with van der Waals surface area (Å²) in [5.41, 5.74) is 1.01. The molecule has 1 aromatic carbocycles. The van der Waals surface area contributed by atoms with E-state index in [0.717, 1.165) is 22.9 Å².